The molecule has 0 aliphatic heterocycles. The third kappa shape index (κ3) is 4.14. The smallest absolute Gasteiger partial charge is 0.238 e. The highest BCUT2D eigenvalue weighted by Gasteiger charge is 2.08. The number of benzene rings is 1. The molecular weight excluding hydrogens is 300 g/mol. The molecule has 0 spiro atoms. The van der Waals surface area contributed by atoms with Gasteiger partial charge < -0.3 is 10.6 Å². The summed E-state index contributed by atoms with van der Waals surface area (Å²) < 4.78 is 0. The predicted molar refractivity (Wildman–Crippen MR) is 85.3 cm³/mol. The van der Waals surface area contributed by atoms with Gasteiger partial charge in [0.05, 0.1) is 11.8 Å². The first-order valence-corrected chi connectivity index (χ1v) is 7.53. The molecule has 7 heteroatoms. The van der Waals surface area contributed by atoms with E-state index in [1.807, 2.05) is 11.4 Å². The molecule has 1 aromatic carbocycles. The number of carbonyl (C=O) groups is 2. The van der Waals surface area contributed by atoms with Crippen molar-refractivity contribution in [1.29, 1.82) is 5.26 Å². The molecule has 0 fully saturated rings. The number of nitriles is 1. The lowest BCUT2D eigenvalue weighted by Gasteiger charge is -2.04. The number of hydrogen-bond donors (Lipinski definition) is 2. The Balaban J connectivity index is 2.14. The van der Waals surface area contributed by atoms with Gasteiger partial charge in [-0.05, 0) is 12.1 Å². The number of anilines is 2. The standard InChI is InChI=1S/C15H14N4O2S/c1-2-13(20)19-15-18-12(9-22-15)10-4-3-5-11(8-10)17-14(21)6-7-16/h3-5,8-9H,2,6H2,1H3,(H,17,21)(H,18,19,20). The van der Waals surface area contributed by atoms with Crippen LogP contribution in [0.25, 0.3) is 11.3 Å². The van der Waals surface area contributed by atoms with Crippen LogP contribution in [0.4, 0.5) is 10.8 Å². The average Bonchev–Trinajstić information content (AvgIpc) is 2.96. The lowest BCUT2D eigenvalue weighted by molar-refractivity contribution is -0.116. The molecule has 0 bridgehead atoms. The molecule has 0 atom stereocenters. The van der Waals surface area contributed by atoms with Crippen molar-refractivity contribution >= 4 is 34.0 Å². The summed E-state index contributed by atoms with van der Waals surface area (Å²) in [5, 5.41) is 16.2. The van der Waals surface area contributed by atoms with Gasteiger partial charge >= 0.3 is 0 Å². The van der Waals surface area contributed by atoms with Crippen LogP contribution in [0, 0.1) is 11.3 Å². The van der Waals surface area contributed by atoms with E-state index < -0.39 is 0 Å². The lowest BCUT2D eigenvalue weighted by atomic mass is 10.1. The van der Waals surface area contributed by atoms with E-state index in [1.54, 1.807) is 31.2 Å². The molecule has 2 rings (SSSR count). The van der Waals surface area contributed by atoms with Crippen molar-refractivity contribution < 1.29 is 9.59 Å². The topological polar surface area (TPSA) is 94.9 Å². The highest BCUT2D eigenvalue weighted by Crippen LogP contribution is 2.26. The molecule has 2 amide bonds. The van der Waals surface area contributed by atoms with Crippen LogP contribution in [-0.2, 0) is 9.59 Å². The van der Waals surface area contributed by atoms with Crippen molar-refractivity contribution in [3.8, 4) is 17.3 Å². The van der Waals surface area contributed by atoms with Gasteiger partial charge in [-0.1, -0.05) is 19.1 Å². The highest BCUT2D eigenvalue weighted by molar-refractivity contribution is 7.14. The molecule has 0 saturated heterocycles. The molecule has 0 aliphatic carbocycles. The summed E-state index contributed by atoms with van der Waals surface area (Å²) in [4.78, 5) is 27.1. The Hall–Kier alpha value is -2.72. The van der Waals surface area contributed by atoms with E-state index in [1.165, 1.54) is 11.3 Å². The third-order valence-electron chi connectivity index (χ3n) is 2.75. The van der Waals surface area contributed by atoms with Gasteiger partial charge in [-0.2, -0.15) is 5.26 Å². The number of nitrogens with zero attached hydrogens (tertiary/aromatic N) is 2. The van der Waals surface area contributed by atoms with Crippen LogP contribution >= 0.6 is 11.3 Å². The van der Waals surface area contributed by atoms with Crippen LogP contribution < -0.4 is 10.6 Å². The summed E-state index contributed by atoms with van der Waals surface area (Å²) in [5.74, 6) is -0.438. The van der Waals surface area contributed by atoms with E-state index in [0.29, 0.717) is 22.9 Å². The molecule has 1 aromatic heterocycles. The number of hydrogen-bond acceptors (Lipinski definition) is 5. The zero-order valence-electron chi connectivity index (χ0n) is 11.9. The van der Waals surface area contributed by atoms with Gasteiger partial charge in [-0.25, -0.2) is 4.98 Å². The minimum absolute atomic E-state index is 0.0848. The van der Waals surface area contributed by atoms with E-state index in [0.717, 1.165) is 5.56 Å². The van der Waals surface area contributed by atoms with Crippen LogP contribution in [0.3, 0.4) is 0 Å². The van der Waals surface area contributed by atoms with Gasteiger partial charge in [0.1, 0.15) is 6.42 Å². The largest absolute Gasteiger partial charge is 0.325 e. The zero-order valence-corrected chi connectivity index (χ0v) is 12.7. The van der Waals surface area contributed by atoms with Crippen molar-refractivity contribution in [2.75, 3.05) is 10.6 Å². The number of aromatic nitrogens is 1. The van der Waals surface area contributed by atoms with Crippen LogP contribution in [0.1, 0.15) is 19.8 Å². The summed E-state index contributed by atoms with van der Waals surface area (Å²) in [5.41, 5.74) is 2.14. The Morgan fingerprint density at radius 1 is 1.32 bits per heavy atom. The fourth-order valence-corrected chi connectivity index (χ4v) is 2.44. The molecule has 22 heavy (non-hydrogen) atoms. The number of nitrogens with one attached hydrogen (secondary N) is 2. The summed E-state index contributed by atoms with van der Waals surface area (Å²) in [6, 6.07) is 8.97. The van der Waals surface area contributed by atoms with Crippen LogP contribution in [0.15, 0.2) is 29.6 Å². The average molecular weight is 314 g/mol. The minimum Gasteiger partial charge on any atom is -0.325 e. The number of rotatable bonds is 5. The Labute approximate surface area is 131 Å². The summed E-state index contributed by atoms with van der Waals surface area (Å²) in [7, 11) is 0. The summed E-state index contributed by atoms with van der Waals surface area (Å²) in [6.07, 6.45) is 0.212. The van der Waals surface area contributed by atoms with Crippen molar-refractivity contribution in [2.45, 2.75) is 19.8 Å². The van der Waals surface area contributed by atoms with Gasteiger partial charge in [-0.3, -0.25) is 9.59 Å². The molecule has 112 valence electrons. The highest BCUT2D eigenvalue weighted by atomic mass is 32.1. The van der Waals surface area contributed by atoms with E-state index >= 15 is 0 Å². The molecule has 2 N–H and O–H groups in total. The van der Waals surface area contributed by atoms with E-state index in [2.05, 4.69) is 15.6 Å². The summed E-state index contributed by atoms with van der Waals surface area (Å²) >= 11 is 1.34. The van der Waals surface area contributed by atoms with Gasteiger partial charge in [-0.15, -0.1) is 11.3 Å². The van der Waals surface area contributed by atoms with Crippen molar-refractivity contribution in [1.82, 2.24) is 4.98 Å². The van der Waals surface area contributed by atoms with Crippen LogP contribution in [0.5, 0.6) is 0 Å². The van der Waals surface area contributed by atoms with Crippen molar-refractivity contribution in [3.63, 3.8) is 0 Å². The van der Waals surface area contributed by atoms with E-state index in [9.17, 15) is 9.59 Å². The summed E-state index contributed by atoms with van der Waals surface area (Å²) in [6.45, 7) is 1.78. The second kappa shape index (κ2) is 7.33. The van der Waals surface area contributed by atoms with Gasteiger partial charge in [0, 0.05) is 23.1 Å². The van der Waals surface area contributed by atoms with E-state index in [4.69, 9.17) is 5.26 Å². The Morgan fingerprint density at radius 2 is 2.14 bits per heavy atom. The monoisotopic (exact) mass is 314 g/mol. The fourth-order valence-electron chi connectivity index (χ4n) is 1.70. The first-order chi connectivity index (χ1) is 10.6. The number of thiazole rings is 1. The second-order valence-corrected chi connectivity index (χ2v) is 5.26. The van der Waals surface area contributed by atoms with Gasteiger partial charge in [0.25, 0.3) is 0 Å². The molecular formula is C15H14N4O2S. The third-order valence-corrected chi connectivity index (χ3v) is 3.51. The SMILES string of the molecule is CCC(=O)Nc1nc(-c2cccc(NC(=O)CC#N)c2)cs1. The number of amides is 2. The molecule has 0 unspecified atom stereocenters. The second-order valence-electron chi connectivity index (χ2n) is 4.40. The Morgan fingerprint density at radius 3 is 2.86 bits per heavy atom. The first-order valence-electron chi connectivity index (χ1n) is 6.65. The predicted octanol–water partition coefficient (Wildman–Crippen LogP) is 3.01. The fraction of sp³-hybridized carbons (Fsp3) is 0.200. The van der Waals surface area contributed by atoms with Gasteiger partial charge in [0.2, 0.25) is 11.8 Å². The van der Waals surface area contributed by atoms with Crippen molar-refractivity contribution in [3.05, 3.63) is 29.6 Å². The van der Waals surface area contributed by atoms with E-state index in [-0.39, 0.29) is 18.2 Å². The van der Waals surface area contributed by atoms with Crippen LogP contribution in [-0.4, -0.2) is 16.8 Å². The van der Waals surface area contributed by atoms with Crippen molar-refractivity contribution in [2.24, 2.45) is 0 Å². The Kier molecular flexibility index (Phi) is 5.22. The zero-order chi connectivity index (χ0) is 15.9. The maximum atomic E-state index is 11.4. The normalized spacial score (nSPS) is 9.82. The molecule has 2 aromatic rings. The molecule has 0 saturated carbocycles. The molecule has 1 heterocycles. The maximum absolute atomic E-state index is 11.4. The number of carbonyl (C=O) groups excluding carboxylic acids is 2. The molecule has 0 radical (unpaired) electrons. The Bertz CT molecular complexity index is 733. The molecule has 6 nitrogen and oxygen atoms in total. The van der Waals surface area contributed by atoms with Gasteiger partial charge in [0.15, 0.2) is 5.13 Å². The van der Waals surface area contributed by atoms with Crippen LogP contribution in [0.2, 0.25) is 0 Å². The quantitative estimate of drug-likeness (QED) is 0.886. The lowest BCUT2D eigenvalue weighted by Crippen LogP contribution is -2.10. The minimum atomic E-state index is -0.353. The molecule has 0 aliphatic rings. The first kappa shape index (κ1) is 15.7. The maximum Gasteiger partial charge on any atom is 0.238 e.